The summed E-state index contributed by atoms with van der Waals surface area (Å²) in [6.07, 6.45) is -2.95. The lowest BCUT2D eigenvalue weighted by molar-refractivity contribution is -0.142. The van der Waals surface area contributed by atoms with Crippen LogP contribution in [0.4, 0.5) is 13.2 Å². The summed E-state index contributed by atoms with van der Waals surface area (Å²) in [5.41, 5.74) is -1.07. The van der Waals surface area contributed by atoms with Crippen LogP contribution in [0.5, 0.6) is 0 Å². The largest absolute Gasteiger partial charge is 0.436 e. The van der Waals surface area contributed by atoms with E-state index in [9.17, 15) is 18.0 Å². The van der Waals surface area contributed by atoms with E-state index < -0.39 is 28.8 Å². The van der Waals surface area contributed by atoms with Crippen LogP contribution in [0.3, 0.4) is 0 Å². The third-order valence-corrected chi connectivity index (χ3v) is 4.44. The Labute approximate surface area is 137 Å². The van der Waals surface area contributed by atoms with Gasteiger partial charge in [0.25, 0.3) is 0 Å². The van der Waals surface area contributed by atoms with Crippen LogP contribution in [0.2, 0.25) is 5.02 Å². The number of nitrogens with zero attached hydrogens (tertiary/aromatic N) is 2. The molecule has 0 aromatic carbocycles. The lowest BCUT2D eigenvalue weighted by Gasteiger charge is -2.22. The highest BCUT2D eigenvalue weighted by molar-refractivity contribution is 6.32. The normalized spacial score (nSPS) is 21.3. The van der Waals surface area contributed by atoms with E-state index in [2.05, 4.69) is 10.4 Å². The highest BCUT2D eigenvalue weighted by atomic mass is 35.5. The first-order valence-corrected chi connectivity index (χ1v) is 7.74. The fourth-order valence-corrected chi connectivity index (χ4v) is 2.83. The van der Waals surface area contributed by atoms with Crippen LogP contribution in [-0.2, 0) is 15.7 Å². The number of aromatic nitrogens is 2. The number of hydrogen-bond donors (Lipinski definition) is 1. The molecule has 1 amide bonds. The van der Waals surface area contributed by atoms with Crippen molar-refractivity contribution in [1.82, 2.24) is 15.1 Å². The van der Waals surface area contributed by atoms with Gasteiger partial charge >= 0.3 is 6.18 Å². The Morgan fingerprint density at radius 3 is 2.61 bits per heavy atom. The van der Waals surface area contributed by atoms with E-state index in [4.69, 9.17) is 16.3 Å². The summed E-state index contributed by atoms with van der Waals surface area (Å²) < 4.78 is 45.0. The zero-order chi connectivity index (χ0) is 17.4. The first kappa shape index (κ1) is 18.1. The fraction of sp³-hybridized carbons (Fsp3) is 0.714. The molecule has 2 heterocycles. The molecular formula is C14H19ClF3N3O2. The third-order valence-electron chi connectivity index (χ3n) is 3.98. The van der Waals surface area contributed by atoms with Gasteiger partial charge in [0.1, 0.15) is 6.04 Å². The molecule has 1 saturated heterocycles. The van der Waals surface area contributed by atoms with Crippen LogP contribution in [0, 0.1) is 6.92 Å². The highest BCUT2D eigenvalue weighted by Gasteiger charge is 2.39. The van der Waals surface area contributed by atoms with E-state index in [1.807, 2.05) is 6.92 Å². The molecule has 2 rings (SSSR count). The van der Waals surface area contributed by atoms with E-state index >= 15 is 0 Å². The van der Waals surface area contributed by atoms with Crippen molar-refractivity contribution in [2.45, 2.75) is 58.0 Å². The van der Waals surface area contributed by atoms with Crippen molar-refractivity contribution in [3.8, 4) is 0 Å². The van der Waals surface area contributed by atoms with E-state index in [-0.39, 0.29) is 17.8 Å². The standard InChI is InChI=1S/C14H19ClF3N3O2/c1-7(10-5-4-6-23-10)19-13(22)9(3)21-8(2)11(15)12(20-21)14(16,17)18/h7,9-10H,4-6H2,1-3H3,(H,19,22)/t7-,9+,10+/m0/s1. The summed E-state index contributed by atoms with van der Waals surface area (Å²) in [5, 5.41) is 5.76. The third kappa shape index (κ3) is 3.80. The number of nitrogens with one attached hydrogen (secondary N) is 1. The van der Waals surface area contributed by atoms with E-state index in [1.54, 1.807) is 0 Å². The molecule has 1 aromatic heterocycles. The van der Waals surface area contributed by atoms with Crippen molar-refractivity contribution in [3.63, 3.8) is 0 Å². The summed E-state index contributed by atoms with van der Waals surface area (Å²) in [6, 6.07) is -1.13. The minimum absolute atomic E-state index is 0.0702. The summed E-state index contributed by atoms with van der Waals surface area (Å²) in [7, 11) is 0. The van der Waals surface area contributed by atoms with Crippen molar-refractivity contribution < 1.29 is 22.7 Å². The lowest BCUT2D eigenvalue weighted by atomic mass is 10.1. The molecule has 23 heavy (non-hydrogen) atoms. The van der Waals surface area contributed by atoms with Gasteiger partial charge in [-0.1, -0.05) is 11.6 Å². The van der Waals surface area contributed by atoms with Crippen molar-refractivity contribution in [2.24, 2.45) is 0 Å². The van der Waals surface area contributed by atoms with Gasteiger partial charge in [-0.2, -0.15) is 18.3 Å². The second kappa shape index (κ2) is 6.68. The van der Waals surface area contributed by atoms with E-state index in [0.717, 1.165) is 17.5 Å². The molecule has 1 aliphatic heterocycles. The van der Waals surface area contributed by atoms with Crippen LogP contribution < -0.4 is 5.32 Å². The predicted octanol–water partition coefficient (Wildman–Crippen LogP) is 3.11. The Hall–Kier alpha value is -1.28. The average molecular weight is 354 g/mol. The second-order valence-corrected chi connectivity index (χ2v) is 6.09. The van der Waals surface area contributed by atoms with Crippen LogP contribution in [0.15, 0.2) is 0 Å². The number of amides is 1. The number of halogens is 4. The predicted molar refractivity (Wildman–Crippen MR) is 78.3 cm³/mol. The molecule has 1 aliphatic rings. The summed E-state index contributed by atoms with van der Waals surface area (Å²) in [4.78, 5) is 12.3. The topological polar surface area (TPSA) is 56.2 Å². The van der Waals surface area contributed by atoms with Crippen LogP contribution >= 0.6 is 11.6 Å². The van der Waals surface area contributed by atoms with Gasteiger partial charge in [-0.25, -0.2) is 0 Å². The maximum atomic E-state index is 12.8. The van der Waals surface area contributed by atoms with Gasteiger partial charge < -0.3 is 10.1 Å². The molecular weight excluding hydrogens is 335 g/mol. The molecule has 0 bridgehead atoms. The van der Waals surface area contributed by atoms with Gasteiger partial charge in [0.15, 0.2) is 5.69 Å². The number of ether oxygens (including phenoxy) is 1. The van der Waals surface area contributed by atoms with Gasteiger partial charge in [-0.3, -0.25) is 9.48 Å². The number of carbonyl (C=O) groups is 1. The molecule has 1 aromatic rings. The monoisotopic (exact) mass is 353 g/mol. The van der Waals surface area contributed by atoms with Crippen molar-refractivity contribution >= 4 is 17.5 Å². The van der Waals surface area contributed by atoms with Gasteiger partial charge in [-0.15, -0.1) is 0 Å². The average Bonchev–Trinajstić information content (AvgIpc) is 3.07. The Morgan fingerprint density at radius 1 is 1.48 bits per heavy atom. The Morgan fingerprint density at radius 2 is 2.13 bits per heavy atom. The number of hydrogen-bond acceptors (Lipinski definition) is 3. The Kier molecular flexibility index (Phi) is 5.25. The van der Waals surface area contributed by atoms with Crippen molar-refractivity contribution in [1.29, 1.82) is 0 Å². The Balaban J connectivity index is 2.13. The summed E-state index contributed by atoms with van der Waals surface area (Å²) in [6.45, 7) is 5.35. The fourth-order valence-electron chi connectivity index (χ4n) is 2.60. The van der Waals surface area contributed by atoms with Crippen LogP contribution in [0.25, 0.3) is 0 Å². The molecule has 9 heteroatoms. The lowest BCUT2D eigenvalue weighted by Crippen LogP contribution is -2.43. The second-order valence-electron chi connectivity index (χ2n) is 5.72. The molecule has 1 N–H and O–H groups in total. The van der Waals surface area contributed by atoms with Gasteiger partial charge in [0.2, 0.25) is 5.91 Å². The van der Waals surface area contributed by atoms with E-state index in [0.29, 0.717) is 6.61 Å². The molecule has 1 fully saturated rings. The highest BCUT2D eigenvalue weighted by Crippen LogP contribution is 2.36. The maximum absolute atomic E-state index is 12.8. The van der Waals surface area contributed by atoms with Gasteiger partial charge in [0.05, 0.1) is 22.9 Å². The van der Waals surface area contributed by atoms with Gasteiger partial charge in [0, 0.05) is 6.61 Å². The van der Waals surface area contributed by atoms with E-state index in [1.165, 1.54) is 13.8 Å². The smallest absolute Gasteiger partial charge is 0.376 e. The number of rotatable bonds is 4. The van der Waals surface area contributed by atoms with Gasteiger partial charge in [-0.05, 0) is 33.6 Å². The maximum Gasteiger partial charge on any atom is 0.436 e. The van der Waals surface area contributed by atoms with Crippen LogP contribution in [0.1, 0.15) is 44.1 Å². The Bertz CT molecular complexity index is 583. The zero-order valence-electron chi connectivity index (χ0n) is 13.1. The van der Waals surface area contributed by atoms with Crippen molar-refractivity contribution in [2.75, 3.05) is 6.61 Å². The molecule has 0 aliphatic carbocycles. The quantitative estimate of drug-likeness (QED) is 0.905. The molecule has 0 saturated carbocycles. The molecule has 0 unspecified atom stereocenters. The minimum atomic E-state index is -4.66. The zero-order valence-corrected chi connectivity index (χ0v) is 13.8. The molecule has 3 atom stereocenters. The first-order valence-electron chi connectivity index (χ1n) is 7.36. The number of carbonyl (C=O) groups excluding carboxylic acids is 1. The number of alkyl halides is 3. The van der Waals surface area contributed by atoms with Crippen LogP contribution in [-0.4, -0.2) is 34.4 Å². The summed E-state index contributed by atoms with van der Waals surface area (Å²) >= 11 is 5.70. The summed E-state index contributed by atoms with van der Waals surface area (Å²) in [5.74, 6) is -0.427. The molecule has 5 nitrogen and oxygen atoms in total. The molecule has 0 radical (unpaired) electrons. The minimum Gasteiger partial charge on any atom is -0.376 e. The molecule has 0 spiro atoms. The molecule has 130 valence electrons. The SMILES string of the molecule is Cc1c(Cl)c(C(F)(F)F)nn1[C@H](C)C(=O)N[C@@H](C)[C@H]1CCCO1. The first-order chi connectivity index (χ1) is 10.6. The van der Waals surface area contributed by atoms with Crippen molar-refractivity contribution in [3.05, 3.63) is 16.4 Å².